The number of rotatable bonds is 4. The third-order valence-corrected chi connectivity index (χ3v) is 4.45. The first-order valence-corrected chi connectivity index (χ1v) is 7.65. The topological polar surface area (TPSA) is 96.0 Å². The standard InChI is InChI=1S/C14H17N3O2S/c1-11(10-16)20(18,19)17-12(2)14-7-5-13(6-8-14)4-3-9-15/h5-8,11-12,17H,9,15H2,1-2H3. The summed E-state index contributed by atoms with van der Waals surface area (Å²) in [6, 6.07) is 8.50. The zero-order valence-electron chi connectivity index (χ0n) is 11.4. The van der Waals surface area contributed by atoms with Crippen LogP contribution in [0.2, 0.25) is 0 Å². The maximum Gasteiger partial charge on any atom is 0.228 e. The summed E-state index contributed by atoms with van der Waals surface area (Å²) in [7, 11) is -3.64. The van der Waals surface area contributed by atoms with E-state index in [0.717, 1.165) is 11.1 Å². The lowest BCUT2D eigenvalue weighted by Crippen LogP contribution is -2.33. The van der Waals surface area contributed by atoms with E-state index in [2.05, 4.69) is 16.6 Å². The fraction of sp³-hybridized carbons (Fsp3) is 0.357. The number of benzene rings is 1. The lowest BCUT2D eigenvalue weighted by molar-refractivity contribution is 0.562. The third kappa shape index (κ3) is 4.36. The molecule has 1 rings (SSSR count). The molecule has 0 amide bonds. The molecule has 0 spiro atoms. The first kappa shape index (κ1) is 16.2. The summed E-state index contributed by atoms with van der Waals surface area (Å²) in [5.74, 6) is 5.63. The molecule has 0 heterocycles. The summed E-state index contributed by atoms with van der Waals surface area (Å²) in [5, 5.41) is 7.59. The molecule has 0 bridgehead atoms. The van der Waals surface area contributed by atoms with Gasteiger partial charge in [-0.05, 0) is 31.5 Å². The number of hydrogen-bond donors (Lipinski definition) is 2. The van der Waals surface area contributed by atoms with Gasteiger partial charge in [-0.3, -0.25) is 0 Å². The number of sulfonamides is 1. The van der Waals surface area contributed by atoms with E-state index in [-0.39, 0.29) is 0 Å². The van der Waals surface area contributed by atoms with Gasteiger partial charge >= 0.3 is 0 Å². The predicted octanol–water partition coefficient (Wildman–Crippen LogP) is 0.889. The molecule has 0 aromatic heterocycles. The highest BCUT2D eigenvalue weighted by Crippen LogP contribution is 2.15. The van der Waals surface area contributed by atoms with Gasteiger partial charge in [0.05, 0.1) is 12.6 Å². The van der Waals surface area contributed by atoms with Crippen LogP contribution in [0.5, 0.6) is 0 Å². The molecule has 0 radical (unpaired) electrons. The molecule has 2 atom stereocenters. The zero-order chi connectivity index (χ0) is 15.2. The average molecular weight is 291 g/mol. The van der Waals surface area contributed by atoms with Crippen LogP contribution in [0.4, 0.5) is 0 Å². The third-order valence-electron chi connectivity index (χ3n) is 2.73. The quantitative estimate of drug-likeness (QED) is 0.805. The van der Waals surface area contributed by atoms with E-state index in [4.69, 9.17) is 11.0 Å². The Labute approximate surface area is 119 Å². The van der Waals surface area contributed by atoms with E-state index in [1.807, 2.05) is 0 Å². The normalized spacial score (nSPS) is 13.7. The van der Waals surface area contributed by atoms with Crippen LogP contribution >= 0.6 is 0 Å². The Kier molecular flexibility index (Phi) is 5.72. The van der Waals surface area contributed by atoms with Gasteiger partial charge in [-0.25, -0.2) is 13.1 Å². The predicted molar refractivity (Wildman–Crippen MR) is 77.9 cm³/mol. The molecule has 6 heteroatoms. The molecule has 20 heavy (non-hydrogen) atoms. The van der Waals surface area contributed by atoms with Crippen LogP contribution in [0.1, 0.15) is 31.0 Å². The van der Waals surface area contributed by atoms with Crippen molar-refractivity contribution in [2.45, 2.75) is 25.1 Å². The molecule has 0 aliphatic rings. The van der Waals surface area contributed by atoms with Crippen molar-refractivity contribution in [1.82, 2.24) is 4.72 Å². The highest BCUT2D eigenvalue weighted by Gasteiger charge is 2.22. The van der Waals surface area contributed by atoms with Crippen LogP contribution in [-0.4, -0.2) is 20.2 Å². The van der Waals surface area contributed by atoms with E-state index in [9.17, 15) is 8.42 Å². The molecular formula is C14H17N3O2S. The molecule has 1 aromatic rings. The lowest BCUT2D eigenvalue weighted by Gasteiger charge is -2.15. The van der Waals surface area contributed by atoms with Crippen molar-refractivity contribution in [2.24, 2.45) is 5.73 Å². The molecule has 0 fully saturated rings. The number of nitriles is 1. The monoisotopic (exact) mass is 291 g/mol. The van der Waals surface area contributed by atoms with Crippen LogP contribution in [0.25, 0.3) is 0 Å². The van der Waals surface area contributed by atoms with Crippen LogP contribution in [0, 0.1) is 23.2 Å². The molecule has 106 valence electrons. The molecule has 0 saturated heterocycles. The molecule has 5 nitrogen and oxygen atoms in total. The Bertz CT molecular complexity index is 648. The van der Waals surface area contributed by atoms with Crippen molar-refractivity contribution in [2.75, 3.05) is 6.54 Å². The van der Waals surface area contributed by atoms with E-state index in [1.165, 1.54) is 6.92 Å². The lowest BCUT2D eigenvalue weighted by atomic mass is 10.1. The number of nitrogens with two attached hydrogens (primary N) is 1. The van der Waals surface area contributed by atoms with Crippen molar-refractivity contribution in [3.05, 3.63) is 35.4 Å². The first-order valence-electron chi connectivity index (χ1n) is 6.10. The summed E-state index contributed by atoms with van der Waals surface area (Å²) in [5.41, 5.74) is 6.91. The number of nitrogens with zero attached hydrogens (tertiary/aromatic N) is 1. The van der Waals surface area contributed by atoms with Crippen molar-refractivity contribution in [3.8, 4) is 17.9 Å². The van der Waals surface area contributed by atoms with Gasteiger partial charge in [-0.1, -0.05) is 24.0 Å². The summed E-state index contributed by atoms with van der Waals surface area (Å²) in [6.07, 6.45) is 0. The molecule has 1 aromatic carbocycles. The molecule has 0 saturated carbocycles. The van der Waals surface area contributed by atoms with Gasteiger partial charge in [-0.2, -0.15) is 5.26 Å². The average Bonchev–Trinajstić information content (AvgIpc) is 2.44. The molecular weight excluding hydrogens is 274 g/mol. The maximum atomic E-state index is 11.8. The van der Waals surface area contributed by atoms with Crippen molar-refractivity contribution in [3.63, 3.8) is 0 Å². The summed E-state index contributed by atoms with van der Waals surface area (Å²) in [6.45, 7) is 3.37. The maximum absolute atomic E-state index is 11.8. The largest absolute Gasteiger partial charge is 0.320 e. The minimum Gasteiger partial charge on any atom is -0.320 e. The SMILES string of the molecule is CC(NS(=O)(=O)C(C)C#N)c1ccc(C#CCN)cc1. The fourth-order valence-electron chi connectivity index (χ4n) is 1.49. The number of hydrogen-bond acceptors (Lipinski definition) is 4. The van der Waals surface area contributed by atoms with Gasteiger partial charge in [-0.15, -0.1) is 0 Å². The molecule has 3 N–H and O–H groups in total. The van der Waals surface area contributed by atoms with Gasteiger partial charge in [0, 0.05) is 11.6 Å². The van der Waals surface area contributed by atoms with E-state index in [0.29, 0.717) is 6.54 Å². The second kappa shape index (κ2) is 7.06. The van der Waals surface area contributed by atoms with Gasteiger partial charge in [0.25, 0.3) is 0 Å². The second-order valence-electron chi connectivity index (χ2n) is 4.28. The first-order chi connectivity index (χ1) is 9.40. The van der Waals surface area contributed by atoms with Crippen LogP contribution in [0.15, 0.2) is 24.3 Å². The van der Waals surface area contributed by atoms with Gasteiger partial charge in [0.1, 0.15) is 0 Å². The van der Waals surface area contributed by atoms with Crippen molar-refractivity contribution < 1.29 is 8.42 Å². The second-order valence-corrected chi connectivity index (χ2v) is 6.32. The van der Waals surface area contributed by atoms with E-state index >= 15 is 0 Å². The Morgan fingerprint density at radius 2 is 1.90 bits per heavy atom. The highest BCUT2D eigenvalue weighted by molar-refractivity contribution is 7.90. The summed E-state index contributed by atoms with van der Waals surface area (Å²) >= 11 is 0. The van der Waals surface area contributed by atoms with Crippen LogP contribution in [0.3, 0.4) is 0 Å². The summed E-state index contributed by atoms with van der Waals surface area (Å²) < 4.78 is 26.0. The fourth-order valence-corrected chi connectivity index (χ4v) is 2.47. The zero-order valence-corrected chi connectivity index (χ0v) is 12.2. The Hall–Kier alpha value is -1.86. The Balaban J connectivity index is 2.84. The van der Waals surface area contributed by atoms with E-state index < -0.39 is 21.3 Å². The molecule has 2 unspecified atom stereocenters. The highest BCUT2D eigenvalue weighted by atomic mass is 32.2. The van der Waals surface area contributed by atoms with E-state index in [1.54, 1.807) is 37.3 Å². The van der Waals surface area contributed by atoms with Crippen molar-refractivity contribution in [1.29, 1.82) is 5.26 Å². The Morgan fingerprint density at radius 3 is 2.40 bits per heavy atom. The minimum absolute atomic E-state index is 0.296. The Morgan fingerprint density at radius 1 is 1.30 bits per heavy atom. The van der Waals surface area contributed by atoms with Gasteiger partial charge in [0.2, 0.25) is 10.0 Å². The van der Waals surface area contributed by atoms with Crippen LogP contribution in [-0.2, 0) is 10.0 Å². The van der Waals surface area contributed by atoms with Crippen molar-refractivity contribution >= 4 is 10.0 Å². The molecule has 0 aliphatic heterocycles. The summed E-state index contributed by atoms with van der Waals surface area (Å²) in [4.78, 5) is 0. The van der Waals surface area contributed by atoms with Crippen LogP contribution < -0.4 is 10.5 Å². The number of nitrogens with one attached hydrogen (secondary N) is 1. The smallest absolute Gasteiger partial charge is 0.228 e. The minimum atomic E-state index is -3.64. The van der Waals surface area contributed by atoms with Gasteiger partial charge in [0.15, 0.2) is 5.25 Å². The molecule has 0 aliphatic carbocycles. The van der Waals surface area contributed by atoms with Gasteiger partial charge < -0.3 is 5.73 Å².